The smallest absolute Gasteiger partial charge is 0.240 e. The van der Waals surface area contributed by atoms with E-state index in [1.54, 1.807) is 7.11 Å². The summed E-state index contributed by atoms with van der Waals surface area (Å²) in [5, 5.41) is 6.19. The van der Waals surface area contributed by atoms with Crippen LogP contribution in [0.5, 0.6) is 0 Å². The summed E-state index contributed by atoms with van der Waals surface area (Å²) in [6, 6.07) is 0. The van der Waals surface area contributed by atoms with Crippen molar-refractivity contribution in [2.24, 2.45) is 0 Å². The summed E-state index contributed by atoms with van der Waals surface area (Å²) in [5.41, 5.74) is -0.398. The molecule has 0 saturated carbocycles. The molecular weight excluding hydrogens is 256 g/mol. The van der Waals surface area contributed by atoms with E-state index in [4.69, 9.17) is 9.47 Å². The number of rotatable bonds is 7. The van der Waals surface area contributed by atoms with Crippen LogP contribution in [0, 0.1) is 0 Å². The third-order valence-corrected chi connectivity index (χ3v) is 3.08. The van der Waals surface area contributed by atoms with Crippen molar-refractivity contribution in [3.63, 3.8) is 0 Å². The monoisotopic (exact) mass is 280 g/mol. The standard InChI is InChI=1S/C12H24N2O3.ClH/c1-12(5-3-4-6-14-12)11(15)13-7-8-17-10-9-16-2;/h14H,3-10H2,1-2H3,(H,13,15);1H. The maximum atomic E-state index is 12.0. The van der Waals surface area contributed by atoms with Crippen molar-refractivity contribution < 1.29 is 14.3 Å². The highest BCUT2D eigenvalue weighted by Gasteiger charge is 2.33. The van der Waals surface area contributed by atoms with Gasteiger partial charge in [0.25, 0.3) is 0 Å². The minimum Gasteiger partial charge on any atom is -0.382 e. The fourth-order valence-corrected chi connectivity index (χ4v) is 1.93. The average Bonchev–Trinajstić information content (AvgIpc) is 2.34. The number of amides is 1. The molecule has 0 bridgehead atoms. The zero-order valence-electron chi connectivity index (χ0n) is 11.3. The molecule has 0 aromatic carbocycles. The van der Waals surface area contributed by atoms with Crippen molar-refractivity contribution in [2.45, 2.75) is 31.7 Å². The van der Waals surface area contributed by atoms with Crippen LogP contribution in [0.3, 0.4) is 0 Å². The van der Waals surface area contributed by atoms with Gasteiger partial charge in [-0.1, -0.05) is 0 Å². The van der Waals surface area contributed by atoms with Crippen LogP contribution in [0.4, 0.5) is 0 Å². The van der Waals surface area contributed by atoms with Crippen molar-refractivity contribution in [1.29, 1.82) is 0 Å². The highest BCUT2D eigenvalue weighted by molar-refractivity contribution is 5.86. The van der Waals surface area contributed by atoms with E-state index in [0.717, 1.165) is 25.8 Å². The molecule has 2 N–H and O–H groups in total. The minimum atomic E-state index is -0.398. The van der Waals surface area contributed by atoms with Gasteiger partial charge in [0.2, 0.25) is 5.91 Å². The van der Waals surface area contributed by atoms with Crippen molar-refractivity contribution in [3.05, 3.63) is 0 Å². The number of piperidine rings is 1. The Morgan fingerprint density at radius 3 is 2.72 bits per heavy atom. The van der Waals surface area contributed by atoms with E-state index in [9.17, 15) is 4.79 Å². The molecule has 1 aliphatic heterocycles. The van der Waals surface area contributed by atoms with Crippen LogP contribution in [-0.2, 0) is 14.3 Å². The summed E-state index contributed by atoms with van der Waals surface area (Å²) < 4.78 is 10.1. The van der Waals surface area contributed by atoms with Crippen LogP contribution in [-0.4, -0.2) is 51.5 Å². The summed E-state index contributed by atoms with van der Waals surface area (Å²) in [5.74, 6) is 0.0764. The number of halogens is 1. The highest BCUT2D eigenvalue weighted by Crippen LogP contribution is 2.18. The molecule has 0 spiro atoms. The van der Waals surface area contributed by atoms with Crippen LogP contribution in [0.25, 0.3) is 0 Å². The molecule has 108 valence electrons. The number of ether oxygens (including phenoxy) is 2. The van der Waals surface area contributed by atoms with Gasteiger partial charge in [0, 0.05) is 13.7 Å². The summed E-state index contributed by atoms with van der Waals surface area (Å²) in [4.78, 5) is 12.0. The van der Waals surface area contributed by atoms with Crippen molar-refractivity contribution in [1.82, 2.24) is 10.6 Å². The molecule has 18 heavy (non-hydrogen) atoms. The van der Waals surface area contributed by atoms with Crippen LogP contribution < -0.4 is 10.6 Å². The number of carbonyl (C=O) groups is 1. The van der Waals surface area contributed by atoms with Crippen LogP contribution in [0.2, 0.25) is 0 Å². The van der Waals surface area contributed by atoms with E-state index in [1.165, 1.54) is 0 Å². The molecule has 1 aliphatic rings. The number of carbonyl (C=O) groups excluding carboxylic acids is 1. The van der Waals surface area contributed by atoms with E-state index >= 15 is 0 Å². The number of methoxy groups -OCH3 is 1. The van der Waals surface area contributed by atoms with Gasteiger partial charge in [-0.05, 0) is 32.7 Å². The van der Waals surface area contributed by atoms with Crippen LogP contribution >= 0.6 is 12.4 Å². The Labute approximate surface area is 115 Å². The van der Waals surface area contributed by atoms with E-state index in [0.29, 0.717) is 26.4 Å². The molecule has 0 aromatic rings. The minimum absolute atomic E-state index is 0. The molecular formula is C12H25ClN2O3. The number of hydrogen-bond donors (Lipinski definition) is 2. The first-order valence-electron chi connectivity index (χ1n) is 6.29. The Balaban J connectivity index is 0.00000289. The largest absolute Gasteiger partial charge is 0.382 e. The molecule has 1 unspecified atom stereocenters. The van der Waals surface area contributed by atoms with Gasteiger partial charge >= 0.3 is 0 Å². The van der Waals surface area contributed by atoms with Crippen molar-refractivity contribution >= 4 is 18.3 Å². The topological polar surface area (TPSA) is 59.6 Å². The third kappa shape index (κ3) is 6.00. The lowest BCUT2D eigenvalue weighted by Crippen LogP contribution is -2.57. The normalized spacial score (nSPS) is 23.2. The maximum Gasteiger partial charge on any atom is 0.240 e. The van der Waals surface area contributed by atoms with Gasteiger partial charge in [-0.25, -0.2) is 0 Å². The number of hydrogen-bond acceptors (Lipinski definition) is 4. The first-order chi connectivity index (χ1) is 8.19. The summed E-state index contributed by atoms with van der Waals surface area (Å²) in [6.07, 6.45) is 3.17. The molecule has 6 heteroatoms. The second-order valence-corrected chi connectivity index (χ2v) is 4.58. The molecule has 0 aromatic heterocycles. The Morgan fingerprint density at radius 2 is 2.11 bits per heavy atom. The van der Waals surface area contributed by atoms with Crippen LogP contribution in [0.1, 0.15) is 26.2 Å². The molecule has 1 heterocycles. The zero-order chi connectivity index (χ0) is 12.6. The lowest BCUT2D eigenvalue weighted by Gasteiger charge is -2.33. The fourth-order valence-electron chi connectivity index (χ4n) is 1.93. The second kappa shape index (κ2) is 9.55. The predicted molar refractivity (Wildman–Crippen MR) is 73.2 cm³/mol. The molecule has 1 atom stereocenters. The first kappa shape index (κ1) is 17.6. The van der Waals surface area contributed by atoms with Gasteiger partial charge in [-0.3, -0.25) is 4.79 Å². The van der Waals surface area contributed by atoms with Gasteiger partial charge in [0.1, 0.15) is 0 Å². The lowest BCUT2D eigenvalue weighted by molar-refractivity contribution is -0.128. The molecule has 5 nitrogen and oxygen atoms in total. The number of nitrogens with one attached hydrogen (secondary N) is 2. The Kier molecular flexibility index (Phi) is 9.36. The Hall–Kier alpha value is -0.360. The molecule has 1 amide bonds. The highest BCUT2D eigenvalue weighted by atomic mass is 35.5. The van der Waals surface area contributed by atoms with Gasteiger partial charge in [-0.15, -0.1) is 12.4 Å². The van der Waals surface area contributed by atoms with Gasteiger partial charge in [0.15, 0.2) is 0 Å². The van der Waals surface area contributed by atoms with Gasteiger partial charge < -0.3 is 20.1 Å². The van der Waals surface area contributed by atoms with Crippen LogP contribution in [0.15, 0.2) is 0 Å². The Morgan fingerprint density at radius 1 is 1.33 bits per heavy atom. The molecule has 0 aliphatic carbocycles. The first-order valence-corrected chi connectivity index (χ1v) is 6.29. The van der Waals surface area contributed by atoms with E-state index in [2.05, 4.69) is 10.6 Å². The average molecular weight is 281 g/mol. The van der Waals surface area contributed by atoms with E-state index < -0.39 is 5.54 Å². The maximum absolute atomic E-state index is 12.0. The third-order valence-electron chi connectivity index (χ3n) is 3.08. The van der Waals surface area contributed by atoms with Crippen molar-refractivity contribution in [2.75, 3.05) is 40.0 Å². The van der Waals surface area contributed by atoms with Crippen molar-refractivity contribution in [3.8, 4) is 0 Å². The zero-order valence-corrected chi connectivity index (χ0v) is 12.1. The van der Waals surface area contributed by atoms with E-state index in [1.807, 2.05) is 6.92 Å². The molecule has 0 radical (unpaired) electrons. The summed E-state index contributed by atoms with van der Waals surface area (Å²) in [7, 11) is 1.64. The Bertz CT molecular complexity index is 233. The lowest BCUT2D eigenvalue weighted by atomic mass is 9.90. The van der Waals surface area contributed by atoms with Gasteiger partial charge in [-0.2, -0.15) is 0 Å². The van der Waals surface area contributed by atoms with E-state index in [-0.39, 0.29) is 18.3 Å². The SMILES string of the molecule is COCCOCCNC(=O)C1(C)CCCCN1.Cl. The molecule has 1 saturated heterocycles. The molecule has 1 rings (SSSR count). The summed E-state index contributed by atoms with van der Waals surface area (Å²) in [6.45, 7) is 5.14. The van der Waals surface area contributed by atoms with Gasteiger partial charge in [0.05, 0.1) is 25.4 Å². The molecule has 1 fully saturated rings. The fraction of sp³-hybridized carbons (Fsp3) is 0.917. The predicted octanol–water partition coefficient (Wildman–Crippen LogP) is 0.720. The quantitative estimate of drug-likeness (QED) is 0.675. The second-order valence-electron chi connectivity index (χ2n) is 4.58. The summed E-state index contributed by atoms with van der Waals surface area (Å²) >= 11 is 0.